The van der Waals surface area contributed by atoms with E-state index in [-0.39, 0.29) is 0 Å². The van der Waals surface area contributed by atoms with Crippen LogP contribution in [-0.4, -0.2) is 51.8 Å². The van der Waals surface area contributed by atoms with Gasteiger partial charge in [-0.2, -0.15) is 0 Å². The number of nitrogens with zero attached hydrogens (tertiary/aromatic N) is 1. The highest BCUT2D eigenvalue weighted by Gasteiger charge is 2.34. The summed E-state index contributed by atoms with van der Waals surface area (Å²) in [5.41, 5.74) is 0.525. The van der Waals surface area contributed by atoms with Crippen LogP contribution in [0.15, 0.2) is 0 Å². The Labute approximate surface area is 107 Å². The number of nitrogens with one attached hydrogen (secondary N) is 1. The molecule has 1 aliphatic carbocycles. The molecule has 1 fully saturated rings. The van der Waals surface area contributed by atoms with E-state index in [4.69, 9.17) is 4.74 Å². The predicted octanol–water partition coefficient (Wildman–Crippen LogP) is 2.12. The van der Waals surface area contributed by atoms with Crippen molar-refractivity contribution in [2.24, 2.45) is 5.41 Å². The van der Waals surface area contributed by atoms with Crippen molar-refractivity contribution in [3.8, 4) is 0 Å². The second-order valence-electron chi connectivity index (χ2n) is 5.61. The molecule has 0 radical (unpaired) electrons. The van der Waals surface area contributed by atoms with Crippen LogP contribution in [0.25, 0.3) is 0 Å². The van der Waals surface area contributed by atoms with Crippen LogP contribution in [0.3, 0.4) is 0 Å². The fourth-order valence-corrected chi connectivity index (χ4v) is 2.94. The molecule has 1 rings (SSSR count). The fourth-order valence-electron chi connectivity index (χ4n) is 2.94. The van der Waals surface area contributed by atoms with Crippen molar-refractivity contribution < 1.29 is 4.74 Å². The lowest BCUT2D eigenvalue weighted by atomic mass is 9.85. The minimum absolute atomic E-state index is 0.525. The number of hydrogen-bond donors (Lipinski definition) is 1. The van der Waals surface area contributed by atoms with Crippen LogP contribution < -0.4 is 5.32 Å². The molecule has 0 aliphatic heterocycles. The molecule has 0 atom stereocenters. The van der Waals surface area contributed by atoms with Crippen molar-refractivity contribution in [1.82, 2.24) is 10.2 Å². The number of methoxy groups -OCH3 is 1. The fraction of sp³-hybridized carbons (Fsp3) is 1.00. The van der Waals surface area contributed by atoms with E-state index in [1.54, 1.807) is 7.11 Å². The third-order valence-electron chi connectivity index (χ3n) is 3.87. The molecule has 1 aliphatic rings. The maximum Gasteiger partial charge on any atom is 0.0589 e. The molecule has 0 aromatic heterocycles. The Hall–Kier alpha value is -0.120. The zero-order valence-electron chi connectivity index (χ0n) is 11.9. The lowest BCUT2D eigenvalue weighted by Gasteiger charge is -2.34. The molecule has 0 unspecified atom stereocenters. The Morgan fingerprint density at radius 2 is 2.00 bits per heavy atom. The summed E-state index contributed by atoms with van der Waals surface area (Å²) in [5.74, 6) is 0. The molecule has 3 heteroatoms. The first-order valence-electron chi connectivity index (χ1n) is 7.11. The molecule has 1 saturated carbocycles. The first kappa shape index (κ1) is 14.9. The molecule has 17 heavy (non-hydrogen) atoms. The number of hydrogen-bond acceptors (Lipinski definition) is 3. The largest absolute Gasteiger partial charge is 0.383 e. The van der Waals surface area contributed by atoms with E-state index < -0.39 is 0 Å². The van der Waals surface area contributed by atoms with E-state index in [1.165, 1.54) is 45.2 Å². The molecule has 0 heterocycles. The second kappa shape index (κ2) is 8.06. The average molecular weight is 242 g/mol. The second-order valence-corrected chi connectivity index (χ2v) is 5.61. The lowest BCUT2D eigenvalue weighted by Crippen LogP contribution is -2.42. The van der Waals surface area contributed by atoms with Gasteiger partial charge in [-0.3, -0.25) is 0 Å². The van der Waals surface area contributed by atoms with Crippen molar-refractivity contribution in [3.05, 3.63) is 0 Å². The van der Waals surface area contributed by atoms with E-state index in [0.717, 1.165) is 19.7 Å². The summed E-state index contributed by atoms with van der Waals surface area (Å²) in [6.07, 6.45) is 6.83. The van der Waals surface area contributed by atoms with E-state index in [9.17, 15) is 0 Å². The molecular weight excluding hydrogens is 212 g/mol. The molecule has 0 bridgehead atoms. The smallest absolute Gasteiger partial charge is 0.0589 e. The number of likely N-dealkylation sites (N-methyl/N-ethyl adjacent to an activating group) is 1. The van der Waals surface area contributed by atoms with Gasteiger partial charge in [-0.05, 0) is 38.3 Å². The summed E-state index contributed by atoms with van der Waals surface area (Å²) in [6, 6.07) is 0. The monoisotopic (exact) mass is 242 g/mol. The minimum atomic E-state index is 0.525. The average Bonchev–Trinajstić information content (AvgIpc) is 2.75. The Bertz CT molecular complexity index is 191. The quantitative estimate of drug-likeness (QED) is 0.627. The molecule has 102 valence electrons. The molecule has 1 N–H and O–H groups in total. The van der Waals surface area contributed by atoms with Gasteiger partial charge in [0, 0.05) is 26.7 Å². The Kier molecular flexibility index (Phi) is 7.09. The van der Waals surface area contributed by atoms with E-state index >= 15 is 0 Å². The zero-order chi connectivity index (χ0) is 12.6. The van der Waals surface area contributed by atoms with E-state index in [2.05, 4.69) is 24.2 Å². The highest BCUT2D eigenvalue weighted by Crippen LogP contribution is 2.38. The van der Waals surface area contributed by atoms with Crippen molar-refractivity contribution in [3.63, 3.8) is 0 Å². The summed E-state index contributed by atoms with van der Waals surface area (Å²) in [4.78, 5) is 2.43. The Morgan fingerprint density at radius 1 is 1.29 bits per heavy atom. The standard InChI is InChI=1S/C14H30N2O/c1-4-9-15-12-14(7-5-6-8-14)13-16(2)10-11-17-3/h15H,4-13H2,1-3H3. The maximum atomic E-state index is 5.15. The molecule has 0 aromatic rings. The molecule has 3 nitrogen and oxygen atoms in total. The number of ether oxygens (including phenoxy) is 1. The normalized spacial score (nSPS) is 19.1. The van der Waals surface area contributed by atoms with Crippen LogP contribution >= 0.6 is 0 Å². The number of rotatable bonds is 9. The van der Waals surface area contributed by atoms with Gasteiger partial charge in [-0.1, -0.05) is 19.8 Å². The van der Waals surface area contributed by atoms with Gasteiger partial charge < -0.3 is 15.0 Å². The lowest BCUT2D eigenvalue weighted by molar-refractivity contribution is 0.123. The summed E-state index contributed by atoms with van der Waals surface area (Å²) in [6.45, 7) is 7.69. The first-order chi connectivity index (χ1) is 8.22. The molecule has 0 aromatic carbocycles. The summed E-state index contributed by atoms with van der Waals surface area (Å²) in [5, 5.41) is 3.62. The first-order valence-corrected chi connectivity index (χ1v) is 7.11. The summed E-state index contributed by atoms with van der Waals surface area (Å²) in [7, 11) is 4.00. The predicted molar refractivity (Wildman–Crippen MR) is 73.4 cm³/mol. The van der Waals surface area contributed by atoms with Crippen LogP contribution in [0.2, 0.25) is 0 Å². The van der Waals surface area contributed by atoms with Gasteiger partial charge in [-0.25, -0.2) is 0 Å². The Balaban J connectivity index is 2.35. The van der Waals surface area contributed by atoms with Gasteiger partial charge >= 0.3 is 0 Å². The van der Waals surface area contributed by atoms with Crippen LogP contribution in [-0.2, 0) is 4.74 Å². The maximum absolute atomic E-state index is 5.15. The third-order valence-corrected chi connectivity index (χ3v) is 3.87. The molecule has 0 amide bonds. The van der Waals surface area contributed by atoms with Crippen LogP contribution in [0.1, 0.15) is 39.0 Å². The highest BCUT2D eigenvalue weighted by atomic mass is 16.5. The molecule has 0 spiro atoms. The summed E-state index contributed by atoms with van der Waals surface area (Å²) < 4.78 is 5.15. The van der Waals surface area contributed by atoms with Gasteiger partial charge in [0.25, 0.3) is 0 Å². The molecular formula is C14H30N2O. The molecule has 0 saturated heterocycles. The van der Waals surface area contributed by atoms with Crippen molar-refractivity contribution in [1.29, 1.82) is 0 Å². The van der Waals surface area contributed by atoms with Crippen LogP contribution in [0.4, 0.5) is 0 Å². The highest BCUT2D eigenvalue weighted by molar-refractivity contribution is 4.88. The van der Waals surface area contributed by atoms with Gasteiger partial charge in [0.05, 0.1) is 6.61 Å². The van der Waals surface area contributed by atoms with Crippen molar-refractivity contribution in [2.45, 2.75) is 39.0 Å². The topological polar surface area (TPSA) is 24.5 Å². The summed E-state index contributed by atoms with van der Waals surface area (Å²) >= 11 is 0. The van der Waals surface area contributed by atoms with Gasteiger partial charge in [0.15, 0.2) is 0 Å². The van der Waals surface area contributed by atoms with Crippen LogP contribution in [0.5, 0.6) is 0 Å². The zero-order valence-corrected chi connectivity index (χ0v) is 11.9. The van der Waals surface area contributed by atoms with E-state index in [1.807, 2.05) is 0 Å². The van der Waals surface area contributed by atoms with Gasteiger partial charge in [-0.15, -0.1) is 0 Å². The third kappa shape index (κ3) is 5.36. The Morgan fingerprint density at radius 3 is 2.59 bits per heavy atom. The minimum Gasteiger partial charge on any atom is -0.383 e. The van der Waals surface area contributed by atoms with Crippen molar-refractivity contribution in [2.75, 3.05) is 46.9 Å². The van der Waals surface area contributed by atoms with Gasteiger partial charge in [0.1, 0.15) is 0 Å². The van der Waals surface area contributed by atoms with E-state index in [0.29, 0.717) is 5.41 Å². The van der Waals surface area contributed by atoms with Gasteiger partial charge in [0.2, 0.25) is 0 Å². The van der Waals surface area contributed by atoms with Crippen LogP contribution in [0, 0.1) is 5.41 Å². The van der Waals surface area contributed by atoms with Crippen molar-refractivity contribution >= 4 is 0 Å². The SMILES string of the molecule is CCCNCC1(CN(C)CCOC)CCCC1.